The highest BCUT2D eigenvalue weighted by molar-refractivity contribution is 6.32. The number of hydrogen-bond donors (Lipinski definition) is 2. The maximum Gasteiger partial charge on any atom is 0.280 e. The van der Waals surface area contributed by atoms with Gasteiger partial charge in [-0.15, -0.1) is 0 Å². The molecule has 0 saturated heterocycles. The van der Waals surface area contributed by atoms with Gasteiger partial charge in [0.25, 0.3) is 11.8 Å². The van der Waals surface area contributed by atoms with Crippen molar-refractivity contribution in [2.24, 2.45) is 0 Å². The molecule has 1 spiro atoms. The smallest absolute Gasteiger partial charge is 0.280 e. The van der Waals surface area contributed by atoms with Gasteiger partial charge in [-0.1, -0.05) is 23.7 Å². The SMILES string of the molecule is COc1ccc(N2C(=O)c3nc(-c4ccc(N)cc4OC)n(C(C)C)c3C23C(=O)Nc2cc(C)ccc23)cc1Cl. The molecule has 2 aliphatic heterocycles. The van der Waals surface area contributed by atoms with Crippen LogP contribution in [-0.4, -0.2) is 35.6 Å². The lowest BCUT2D eigenvalue weighted by molar-refractivity contribution is -0.119. The fourth-order valence-corrected chi connectivity index (χ4v) is 6.10. The Kier molecular flexibility index (Phi) is 5.81. The van der Waals surface area contributed by atoms with E-state index in [-0.39, 0.29) is 17.6 Å². The molecule has 4 aromatic rings. The van der Waals surface area contributed by atoms with Crippen LogP contribution in [0.3, 0.4) is 0 Å². The summed E-state index contributed by atoms with van der Waals surface area (Å²) >= 11 is 6.52. The summed E-state index contributed by atoms with van der Waals surface area (Å²) in [5, 5.41) is 3.36. The first-order valence-electron chi connectivity index (χ1n) is 12.8. The van der Waals surface area contributed by atoms with Crippen molar-refractivity contribution in [2.75, 3.05) is 30.2 Å². The first kappa shape index (κ1) is 25.8. The lowest BCUT2D eigenvalue weighted by Gasteiger charge is -2.36. The van der Waals surface area contributed by atoms with Gasteiger partial charge in [0, 0.05) is 34.7 Å². The number of nitrogens with zero attached hydrogens (tertiary/aromatic N) is 3. The summed E-state index contributed by atoms with van der Waals surface area (Å²) in [6, 6.07) is 15.9. The van der Waals surface area contributed by atoms with E-state index < -0.39 is 11.4 Å². The van der Waals surface area contributed by atoms with Gasteiger partial charge in [0.05, 0.1) is 30.5 Å². The zero-order chi connectivity index (χ0) is 28.5. The first-order chi connectivity index (χ1) is 19.1. The predicted molar refractivity (Wildman–Crippen MR) is 154 cm³/mol. The maximum absolute atomic E-state index is 14.4. The molecule has 2 aliphatic rings. The molecular formula is C30H28ClN5O4. The Balaban J connectivity index is 1.71. The molecule has 3 heterocycles. The topological polar surface area (TPSA) is 112 Å². The molecule has 204 valence electrons. The molecular weight excluding hydrogens is 530 g/mol. The second kappa shape index (κ2) is 9.02. The number of anilines is 3. The number of aromatic nitrogens is 2. The largest absolute Gasteiger partial charge is 0.496 e. The van der Waals surface area contributed by atoms with Crippen molar-refractivity contribution in [3.05, 3.63) is 82.1 Å². The van der Waals surface area contributed by atoms with Gasteiger partial charge >= 0.3 is 0 Å². The highest BCUT2D eigenvalue weighted by atomic mass is 35.5. The third-order valence-electron chi connectivity index (χ3n) is 7.51. The van der Waals surface area contributed by atoms with Crippen LogP contribution in [0.5, 0.6) is 11.5 Å². The van der Waals surface area contributed by atoms with Crippen LogP contribution in [-0.2, 0) is 10.3 Å². The highest BCUT2D eigenvalue weighted by Crippen LogP contribution is 2.55. The van der Waals surface area contributed by atoms with Gasteiger partial charge in [-0.25, -0.2) is 4.98 Å². The third kappa shape index (κ3) is 3.37. The van der Waals surface area contributed by atoms with Gasteiger partial charge in [0.1, 0.15) is 17.3 Å². The van der Waals surface area contributed by atoms with E-state index in [2.05, 4.69) is 5.32 Å². The molecule has 0 fully saturated rings. The molecule has 0 aliphatic carbocycles. The van der Waals surface area contributed by atoms with Crippen LogP contribution in [0.2, 0.25) is 5.02 Å². The van der Waals surface area contributed by atoms with E-state index in [0.29, 0.717) is 56.2 Å². The summed E-state index contributed by atoms with van der Waals surface area (Å²) in [6.45, 7) is 5.93. The van der Waals surface area contributed by atoms with Crippen molar-refractivity contribution in [1.29, 1.82) is 0 Å². The van der Waals surface area contributed by atoms with Crippen molar-refractivity contribution in [3.63, 3.8) is 0 Å². The zero-order valence-corrected chi connectivity index (χ0v) is 23.5. The van der Waals surface area contributed by atoms with Crippen molar-refractivity contribution >= 4 is 40.5 Å². The van der Waals surface area contributed by atoms with Crippen LogP contribution >= 0.6 is 11.6 Å². The fourth-order valence-electron chi connectivity index (χ4n) is 5.85. The summed E-state index contributed by atoms with van der Waals surface area (Å²) in [5.41, 5.74) is 9.05. The Hall–Kier alpha value is -4.50. The summed E-state index contributed by atoms with van der Waals surface area (Å²) in [7, 11) is 3.07. The normalized spacial score (nSPS) is 17.4. The van der Waals surface area contributed by atoms with E-state index in [1.807, 2.05) is 49.6 Å². The van der Waals surface area contributed by atoms with Crippen LogP contribution in [0.1, 0.15) is 47.2 Å². The molecule has 0 saturated carbocycles. The number of amides is 2. The molecule has 6 rings (SSSR count). The van der Waals surface area contributed by atoms with Gasteiger partial charge in [0.15, 0.2) is 11.2 Å². The third-order valence-corrected chi connectivity index (χ3v) is 7.81. The number of fused-ring (bicyclic) bond motifs is 4. The number of nitrogen functional groups attached to an aromatic ring is 1. The lowest BCUT2D eigenvalue weighted by Crippen LogP contribution is -2.51. The van der Waals surface area contributed by atoms with Crippen LogP contribution in [0, 0.1) is 6.92 Å². The number of aryl methyl sites for hydroxylation is 1. The molecule has 0 bridgehead atoms. The molecule has 2 amide bonds. The van der Waals surface area contributed by atoms with Gasteiger partial charge in [-0.05, 0) is 62.7 Å². The van der Waals surface area contributed by atoms with Gasteiger partial charge < -0.3 is 25.1 Å². The number of imidazole rings is 1. The average Bonchev–Trinajstić information content (AvgIpc) is 3.52. The molecule has 40 heavy (non-hydrogen) atoms. The number of benzene rings is 3. The first-order valence-corrected chi connectivity index (χ1v) is 13.2. The second-order valence-corrected chi connectivity index (χ2v) is 10.6. The molecule has 1 unspecified atom stereocenters. The number of rotatable bonds is 5. The van der Waals surface area contributed by atoms with E-state index in [9.17, 15) is 9.59 Å². The summed E-state index contributed by atoms with van der Waals surface area (Å²) < 4.78 is 12.9. The highest BCUT2D eigenvalue weighted by Gasteiger charge is 2.64. The maximum atomic E-state index is 14.4. The van der Waals surface area contributed by atoms with Crippen molar-refractivity contribution in [1.82, 2.24) is 9.55 Å². The number of carbonyl (C=O) groups is 2. The molecule has 3 aromatic carbocycles. The molecule has 9 nitrogen and oxygen atoms in total. The van der Waals surface area contributed by atoms with Crippen molar-refractivity contribution in [3.8, 4) is 22.9 Å². The Morgan fingerprint density at radius 2 is 1.75 bits per heavy atom. The van der Waals surface area contributed by atoms with Crippen LogP contribution < -0.4 is 25.4 Å². The number of ether oxygens (including phenoxy) is 2. The van der Waals surface area contributed by atoms with E-state index in [0.717, 1.165) is 5.56 Å². The summed E-state index contributed by atoms with van der Waals surface area (Å²) in [6.07, 6.45) is 0. The lowest BCUT2D eigenvalue weighted by atomic mass is 9.86. The number of carbonyl (C=O) groups excluding carboxylic acids is 2. The van der Waals surface area contributed by atoms with Gasteiger partial charge in [0.2, 0.25) is 0 Å². The van der Waals surface area contributed by atoms with Crippen LogP contribution in [0.15, 0.2) is 54.6 Å². The predicted octanol–water partition coefficient (Wildman–Crippen LogP) is 5.55. The summed E-state index contributed by atoms with van der Waals surface area (Å²) in [4.78, 5) is 35.1. The summed E-state index contributed by atoms with van der Waals surface area (Å²) in [5.74, 6) is 0.695. The Morgan fingerprint density at radius 3 is 2.42 bits per heavy atom. The monoisotopic (exact) mass is 557 g/mol. The number of halogens is 1. The average molecular weight is 558 g/mol. The van der Waals surface area contributed by atoms with Crippen molar-refractivity contribution < 1.29 is 19.1 Å². The van der Waals surface area contributed by atoms with Gasteiger partial charge in [-0.3, -0.25) is 14.5 Å². The Morgan fingerprint density at radius 1 is 1.00 bits per heavy atom. The van der Waals surface area contributed by atoms with Crippen LogP contribution in [0.25, 0.3) is 11.4 Å². The molecule has 1 aromatic heterocycles. The molecule has 1 atom stereocenters. The Bertz CT molecular complexity index is 1730. The fraction of sp³-hybridized carbons (Fsp3) is 0.233. The van der Waals surface area contributed by atoms with E-state index in [4.69, 9.17) is 31.8 Å². The Labute approximate surface area is 236 Å². The minimum atomic E-state index is -1.54. The minimum absolute atomic E-state index is 0.179. The molecule has 10 heteroatoms. The number of hydrogen-bond acceptors (Lipinski definition) is 6. The van der Waals surface area contributed by atoms with Crippen LogP contribution in [0.4, 0.5) is 17.1 Å². The number of methoxy groups -OCH3 is 2. The second-order valence-electron chi connectivity index (χ2n) is 10.2. The molecule has 3 N–H and O–H groups in total. The van der Waals surface area contributed by atoms with E-state index in [1.165, 1.54) is 12.0 Å². The number of nitrogens with two attached hydrogens (primary N) is 1. The molecule has 0 radical (unpaired) electrons. The van der Waals surface area contributed by atoms with Crippen molar-refractivity contribution in [2.45, 2.75) is 32.4 Å². The minimum Gasteiger partial charge on any atom is -0.496 e. The quantitative estimate of drug-likeness (QED) is 0.311. The van der Waals surface area contributed by atoms with E-state index in [1.54, 1.807) is 37.4 Å². The van der Waals surface area contributed by atoms with E-state index >= 15 is 0 Å². The standard InChI is InChI=1S/C30H28ClN5O4/c1-15(2)35-26-25(34-27(35)19-9-7-17(32)13-24(19)40-5)28(37)36(18-8-11-23(39-4)21(31)14-18)30(26)20-10-6-16(3)12-22(20)33-29(30)38/h6-15H,32H2,1-5H3,(H,33,38). The number of nitrogens with one attached hydrogen (secondary N) is 1. The van der Waals surface area contributed by atoms with Gasteiger partial charge in [-0.2, -0.15) is 0 Å². The zero-order valence-electron chi connectivity index (χ0n) is 22.7.